The molecule has 0 bridgehead atoms. The molecule has 3 amide bonds. The number of anilines is 1. The number of carbonyl (C=O) groups is 3. The second-order valence-corrected chi connectivity index (χ2v) is 5.00. The highest BCUT2D eigenvalue weighted by Gasteiger charge is 2.13. The second kappa shape index (κ2) is 7.22. The van der Waals surface area contributed by atoms with E-state index in [4.69, 9.17) is 5.73 Å². The normalized spacial score (nSPS) is 9.96. The van der Waals surface area contributed by atoms with Crippen LogP contribution in [0.3, 0.4) is 0 Å². The zero-order chi connectivity index (χ0) is 16.8. The first-order valence-electron chi connectivity index (χ1n) is 7.01. The minimum Gasteiger partial charge on any atom is -0.366 e. The van der Waals surface area contributed by atoms with Crippen molar-refractivity contribution >= 4 is 23.4 Å². The van der Waals surface area contributed by atoms with Gasteiger partial charge in [0.2, 0.25) is 5.91 Å². The molecular formula is C17H17N3O3. The molecule has 0 aliphatic heterocycles. The molecular weight excluding hydrogens is 294 g/mol. The van der Waals surface area contributed by atoms with Crippen LogP contribution in [0.2, 0.25) is 0 Å². The Balaban J connectivity index is 1.91. The van der Waals surface area contributed by atoms with Crippen molar-refractivity contribution in [3.63, 3.8) is 0 Å². The maximum Gasteiger partial charge on any atom is 0.313 e. The van der Waals surface area contributed by atoms with Gasteiger partial charge in [0.15, 0.2) is 0 Å². The molecule has 4 N–H and O–H groups in total. The van der Waals surface area contributed by atoms with Crippen LogP contribution < -0.4 is 16.4 Å². The molecule has 0 spiro atoms. The van der Waals surface area contributed by atoms with E-state index in [1.807, 2.05) is 31.2 Å². The third kappa shape index (κ3) is 4.41. The minimum atomic E-state index is -0.773. The van der Waals surface area contributed by atoms with Gasteiger partial charge in [0.05, 0.1) is 0 Å². The molecule has 0 aromatic heterocycles. The molecule has 2 aromatic rings. The molecule has 0 saturated carbocycles. The van der Waals surface area contributed by atoms with Crippen LogP contribution in [-0.4, -0.2) is 17.7 Å². The highest BCUT2D eigenvalue weighted by Crippen LogP contribution is 2.09. The summed E-state index contributed by atoms with van der Waals surface area (Å²) >= 11 is 0. The van der Waals surface area contributed by atoms with Crippen molar-refractivity contribution < 1.29 is 14.4 Å². The molecule has 0 heterocycles. The Hall–Kier alpha value is -3.15. The Labute approximate surface area is 133 Å². The fraction of sp³-hybridized carbons (Fsp3) is 0.118. The Morgan fingerprint density at radius 1 is 0.957 bits per heavy atom. The van der Waals surface area contributed by atoms with Crippen molar-refractivity contribution in [3.05, 3.63) is 65.2 Å². The van der Waals surface area contributed by atoms with E-state index >= 15 is 0 Å². The van der Waals surface area contributed by atoms with Crippen LogP contribution in [0, 0.1) is 6.92 Å². The monoisotopic (exact) mass is 311 g/mol. The average molecular weight is 311 g/mol. The Morgan fingerprint density at radius 2 is 1.61 bits per heavy atom. The van der Waals surface area contributed by atoms with Gasteiger partial charge in [0.1, 0.15) is 0 Å². The van der Waals surface area contributed by atoms with Gasteiger partial charge in [0, 0.05) is 17.8 Å². The molecule has 0 radical (unpaired) electrons. The van der Waals surface area contributed by atoms with E-state index in [0.29, 0.717) is 11.3 Å². The van der Waals surface area contributed by atoms with Gasteiger partial charge in [-0.15, -0.1) is 0 Å². The van der Waals surface area contributed by atoms with Crippen LogP contribution in [-0.2, 0) is 16.1 Å². The molecule has 0 atom stereocenters. The topological polar surface area (TPSA) is 101 Å². The predicted molar refractivity (Wildman–Crippen MR) is 86.6 cm³/mol. The van der Waals surface area contributed by atoms with Gasteiger partial charge in [-0.25, -0.2) is 0 Å². The average Bonchev–Trinajstić information content (AvgIpc) is 2.54. The second-order valence-electron chi connectivity index (χ2n) is 5.00. The highest BCUT2D eigenvalue weighted by atomic mass is 16.2. The van der Waals surface area contributed by atoms with E-state index in [0.717, 1.165) is 11.1 Å². The zero-order valence-electron chi connectivity index (χ0n) is 12.6. The minimum absolute atomic E-state index is 0.277. The number of hydrogen-bond donors (Lipinski definition) is 3. The molecule has 0 fully saturated rings. The number of hydrogen-bond acceptors (Lipinski definition) is 3. The maximum atomic E-state index is 11.8. The van der Waals surface area contributed by atoms with Crippen molar-refractivity contribution in [2.45, 2.75) is 13.5 Å². The number of nitrogens with one attached hydrogen (secondary N) is 2. The smallest absolute Gasteiger partial charge is 0.313 e. The van der Waals surface area contributed by atoms with E-state index in [1.165, 1.54) is 24.3 Å². The fourth-order valence-electron chi connectivity index (χ4n) is 1.97. The summed E-state index contributed by atoms with van der Waals surface area (Å²) in [4.78, 5) is 34.6. The van der Waals surface area contributed by atoms with Crippen LogP contribution in [0.15, 0.2) is 48.5 Å². The standard InChI is InChI=1S/C17H17N3O3/c1-11-4-2-3-5-13(11)10-19-16(22)17(23)20-14-8-6-12(7-9-14)15(18)21/h2-9H,10H2,1H3,(H2,18,21)(H,19,22)(H,20,23). The van der Waals surface area contributed by atoms with Crippen molar-refractivity contribution in [2.24, 2.45) is 5.73 Å². The third-order valence-corrected chi connectivity index (χ3v) is 3.33. The number of carbonyl (C=O) groups excluding carboxylic acids is 3. The number of benzene rings is 2. The predicted octanol–water partition coefficient (Wildman–Crippen LogP) is 1.35. The quantitative estimate of drug-likeness (QED) is 0.743. The van der Waals surface area contributed by atoms with Gasteiger partial charge < -0.3 is 16.4 Å². The largest absolute Gasteiger partial charge is 0.366 e. The Kier molecular flexibility index (Phi) is 5.09. The summed E-state index contributed by atoms with van der Waals surface area (Å²) in [7, 11) is 0. The van der Waals surface area contributed by atoms with Gasteiger partial charge in [-0.3, -0.25) is 14.4 Å². The number of rotatable bonds is 4. The Morgan fingerprint density at radius 3 is 2.22 bits per heavy atom. The van der Waals surface area contributed by atoms with E-state index in [1.54, 1.807) is 0 Å². The SMILES string of the molecule is Cc1ccccc1CNC(=O)C(=O)Nc1ccc(C(N)=O)cc1. The maximum absolute atomic E-state index is 11.8. The first-order chi connectivity index (χ1) is 11.0. The summed E-state index contributed by atoms with van der Waals surface area (Å²) in [6, 6.07) is 13.6. The number of primary amides is 1. The number of nitrogens with two attached hydrogens (primary N) is 1. The lowest BCUT2D eigenvalue weighted by atomic mass is 10.1. The van der Waals surface area contributed by atoms with Gasteiger partial charge >= 0.3 is 11.8 Å². The van der Waals surface area contributed by atoms with Crippen molar-refractivity contribution in [2.75, 3.05) is 5.32 Å². The lowest BCUT2D eigenvalue weighted by molar-refractivity contribution is -0.136. The Bertz CT molecular complexity index is 739. The van der Waals surface area contributed by atoms with Crippen LogP contribution in [0.1, 0.15) is 21.5 Å². The van der Waals surface area contributed by atoms with Crippen LogP contribution in [0.25, 0.3) is 0 Å². The van der Waals surface area contributed by atoms with E-state index in [-0.39, 0.29) is 6.54 Å². The first kappa shape index (κ1) is 16.2. The molecule has 23 heavy (non-hydrogen) atoms. The molecule has 2 rings (SSSR count). The zero-order valence-corrected chi connectivity index (χ0v) is 12.6. The first-order valence-corrected chi connectivity index (χ1v) is 7.01. The van der Waals surface area contributed by atoms with Crippen LogP contribution in [0.4, 0.5) is 5.69 Å². The van der Waals surface area contributed by atoms with Crippen LogP contribution in [0.5, 0.6) is 0 Å². The van der Waals surface area contributed by atoms with E-state index in [9.17, 15) is 14.4 Å². The van der Waals surface area contributed by atoms with Crippen molar-refractivity contribution in [1.82, 2.24) is 5.32 Å². The third-order valence-electron chi connectivity index (χ3n) is 3.33. The van der Waals surface area contributed by atoms with Crippen molar-refractivity contribution in [3.8, 4) is 0 Å². The molecule has 0 unspecified atom stereocenters. The fourth-order valence-corrected chi connectivity index (χ4v) is 1.97. The lowest BCUT2D eigenvalue weighted by Gasteiger charge is -2.08. The summed E-state index contributed by atoms with van der Waals surface area (Å²) in [5.41, 5.74) is 7.85. The summed E-state index contributed by atoms with van der Waals surface area (Å²) in [5.74, 6) is -2.06. The van der Waals surface area contributed by atoms with Gasteiger partial charge in [-0.2, -0.15) is 0 Å². The summed E-state index contributed by atoms with van der Waals surface area (Å²) in [5, 5.41) is 5.02. The lowest BCUT2D eigenvalue weighted by Crippen LogP contribution is -2.35. The molecule has 6 heteroatoms. The summed E-state index contributed by atoms with van der Waals surface area (Å²) < 4.78 is 0. The number of aryl methyl sites for hydroxylation is 1. The molecule has 6 nitrogen and oxygen atoms in total. The van der Waals surface area contributed by atoms with Gasteiger partial charge in [-0.05, 0) is 42.3 Å². The van der Waals surface area contributed by atoms with Gasteiger partial charge in [0.25, 0.3) is 0 Å². The molecule has 118 valence electrons. The highest BCUT2D eigenvalue weighted by molar-refractivity contribution is 6.39. The van der Waals surface area contributed by atoms with Crippen LogP contribution >= 0.6 is 0 Å². The molecule has 2 aromatic carbocycles. The van der Waals surface area contributed by atoms with E-state index < -0.39 is 17.7 Å². The molecule has 0 saturated heterocycles. The van der Waals surface area contributed by atoms with Crippen molar-refractivity contribution in [1.29, 1.82) is 0 Å². The van der Waals surface area contributed by atoms with Gasteiger partial charge in [-0.1, -0.05) is 24.3 Å². The molecule has 0 aliphatic rings. The molecule has 0 aliphatic carbocycles. The number of amides is 3. The van der Waals surface area contributed by atoms with E-state index in [2.05, 4.69) is 10.6 Å². The summed E-state index contributed by atoms with van der Waals surface area (Å²) in [6.07, 6.45) is 0. The summed E-state index contributed by atoms with van der Waals surface area (Å²) in [6.45, 7) is 2.21.